The number of carbonyl (C=O) groups excluding carboxylic acids is 1. The van der Waals surface area contributed by atoms with Gasteiger partial charge in [-0.1, -0.05) is 18.6 Å². The Morgan fingerprint density at radius 1 is 1.10 bits per heavy atom. The first-order chi connectivity index (χ1) is 13.6. The third kappa shape index (κ3) is 12.6. The number of benzene rings is 1. The van der Waals surface area contributed by atoms with E-state index in [2.05, 4.69) is 32.5 Å². The zero-order valence-electron chi connectivity index (χ0n) is 18.1. The highest BCUT2D eigenvalue weighted by molar-refractivity contribution is 14.0. The molecule has 0 amide bonds. The van der Waals surface area contributed by atoms with E-state index in [-0.39, 0.29) is 29.9 Å². The number of unbranched alkanes of at least 4 members (excludes halogenated alkanes) is 2. The molecule has 1 rings (SSSR count). The zero-order valence-corrected chi connectivity index (χ0v) is 20.4. The van der Waals surface area contributed by atoms with E-state index in [0.717, 1.165) is 55.2 Å². The maximum absolute atomic E-state index is 11.1. The third-order valence-electron chi connectivity index (χ3n) is 4.10. The molecule has 166 valence electrons. The predicted octanol–water partition coefficient (Wildman–Crippen LogP) is 3.43. The number of aryl methyl sites for hydroxylation is 1. The highest BCUT2D eigenvalue weighted by Gasteiger charge is 2.05. The van der Waals surface area contributed by atoms with Crippen molar-refractivity contribution < 1.29 is 19.0 Å². The van der Waals surface area contributed by atoms with Crippen molar-refractivity contribution in [1.82, 2.24) is 10.6 Å². The van der Waals surface area contributed by atoms with Crippen LogP contribution in [0.15, 0.2) is 23.2 Å². The fraction of sp³-hybridized carbons (Fsp3) is 0.619. The van der Waals surface area contributed by atoms with E-state index in [0.29, 0.717) is 26.2 Å². The summed E-state index contributed by atoms with van der Waals surface area (Å²) in [6.07, 6.45) is 3.26. The fourth-order valence-corrected chi connectivity index (χ4v) is 2.55. The first-order valence-corrected chi connectivity index (χ1v) is 9.91. The zero-order chi connectivity index (χ0) is 20.6. The number of nitrogens with one attached hydrogen (secondary N) is 2. The van der Waals surface area contributed by atoms with Crippen LogP contribution in [0.5, 0.6) is 5.75 Å². The van der Waals surface area contributed by atoms with Gasteiger partial charge in [0.25, 0.3) is 0 Å². The molecule has 0 fully saturated rings. The Bertz CT molecular complexity index is 612. The second kappa shape index (κ2) is 17.3. The number of carbonyl (C=O) groups is 1. The average molecular weight is 521 g/mol. The predicted molar refractivity (Wildman–Crippen MR) is 127 cm³/mol. The molecule has 0 aromatic heterocycles. The standard InChI is InChI=1S/C21H35N3O4.HI/c1-5-22-21(23-12-8-6-7-9-20(25)27-4)24-16-18-11-10-17(2)15-19(18)28-14-13-26-3;/h10-11,15H,5-9,12-14,16H2,1-4H3,(H2,22,23,24);1H. The number of guanidine groups is 1. The number of rotatable bonds is 13. The molecule has 0 aliphatic heterocycles. The van der Waals surface area contributed by atoms with Gasteiger partial charge in [0.1, 0.15) is 12.4 Å². The molecule has 0 heterocycles. The lowest BCUT2D eigenvalue weighted by Gasteiger charge is -2.13. The van der Waals surface area contributed by atoms with Crippen LogP contribution in [0.4, 0.5) is 0 Å². The van der Waals surface area contributed by atoms with Crippen LogP contribution in [0.25, 0.3) is 0 Å². The van der Waals surface area contributed by atoms with Crippen molar-refractivity contribution in [2.75, 3.05) is 40.5 Å². The number of hydrogen-bond acceptors (Lipinski definition) is 5. The topological polar surface area (TPSA) is 81.2 Å². The van der Waals surface area contributed by atoms with Crippen molar-refractivity contribution in [2.24, 2.45) is 4.99 Å². The van der Waals surface area contributed by atoms with Gasteiger partial charge in [0, 0.05) is 32.2 Å². The minimum Gasteiger partial charge on any atom is -0.491 e. The quantitative estimate of drug-likeness (QED) is 0.136. The number of esters is 1. The number of ether oxygens (including phenoxy) is 3. The summed E-state index contributed by atoms with van der Waals surface area (Å²) in [6.45, 7) is 7.27. The molecule has 0 bridgehead atoms. The molecule has 0 saturated heterocycles. The van der Waals surface area contributed by atoms with Gasteiger partial charge >= 0.3 is 5.97 Å². The third-order valence-corrected chi connectivity index (χ3v) is 4.10. The summed E-state index contributed by atoms with van der Waals surface area (Å²) in [5.74, 6) is 1.47. The van der Waals surface area contributed by atoms with E-state index >= 15 is 0 Å². The van der Waals surface area contributed by atoms with Gasteiger partial charge in [0.15, 0.2) is 5.96 Å². The van der Waals surface area contributed by atoms with Gasteiger partial charge in [-0.25, -0.2) is 4.99 Å². The molecule has 0 unspecified atom stereocenters. The van der Waals surface area contributed by atoms with Gasteiger partial charge in [0.2, 0.25) is 0 Å². The molecule has 0 radical (unpaired) electrons. The lowest BCUT2D eigenvalue weighted by Crippen LogP contribution is -2.37. The van der Waals surface area contributed by atoms with E-state index in [1.807, 2.05) is 19.9 Å². The molecule has 0 atom stereocenters. The SMILES string of the molecule is CCNC(=NCc1ccc(C)cc1OCCOC)NCCCCCC(=O)OC.I. The second-order valence-electron chi connectivity index (χ2n) is 6.46. The van der Waals surface area contributed by atoms with E-state index < -0.39 is 0 Å². The van der Waals surface area contributed by atoms with Gasteiger partial charge < -0.3 is 24.8 Å². The summed E-state index contributed by atoms with van der Waals surface area (Å²) >= 11 is 0. The molecule has 1 aromatic carbocycles. The highest BCUT2D eigenvalue weighted by Crippen LogP contribution is 2.21. The minimum atomic E-state index is -0.149. The van der Waals surface area contributed by atoms with Crippen LogP contribution in [0.2, 0.25) is 0 Å². The largest absolute Gasteiger partial charge is 0.491 e. The lowest BCUT2D eigenvalue weighted by atomic mass is 10.1. The molecule has 0 aliphatic carbocycles. The second-order valence-corrected chi connectivity index (χ2v) is 6.46. The number of nitrogens with zero attached hydrogens (tertiary/aromatic N) is 1. The summed E-state index contributed by atoms with van der Waals surface area (Å²) in [7, 11) is 3.08. The molecule has 7 nitrogen and oxygen atoms in total. The Kier molecular flexibility index (Phi) is 16.4. The number of methoxy groups -OCH3 is 2. The Morgan fingerprint density at radius 3 is 2.59 bits per heavy atom. The lowest BCUT2D eigenvalue weighted by molar-refractivity contribution is -0.140. The number of halogens is 1. The molecular formula is C21H36IN3O4. The van der Waals surface area contributed by atoms with Crippen LogP contribution < -0.4 is 15.4 Å². The summed E-state index contributed by atoms with van der Waals surface area (Å²) in [4.78, 5) is 15.8. The van der Waals surface area contributed by atoms with Crippen molar-refractivity contribution in [3.05, 3.63) is 29.3 Å². The highest BCUT2D eigenvalue weighted by atomic mass is 127. The summed E-state index contributed by atoms with van der Waals surface area (Å²) < 4.78 is 15.5. The van der Waals surface area contributed by atoms with Crippen molar-refractivity contribution in [3.8, 4) is 5.75 Å². The average Bonchev–Trinajstić information content (AvgIpc) is 2.69. The van der Waals surface area contributed by atoms with Gasteiger partial charge in [-0.3, -0.25) is 4.79 Å². The summed E-state index contributed by atoms with van der Waals surface area (Å²) in [5, 5.41) is 6.60. The minimum absolute atomic E-state index is 0. The Labute approximate surface area is 192 Å². The van der Waals surface area contributed by atoms with E-state index in [4.69, 9.17) is 9.47 Å². The molecule has 0 aliphatic rings. The van der Waals surface area contributed by atoms with E-state index in [1.54, 1.807) is 7.11 Å². The fourth-order valence-electron chi connectivity index (χ4n) is 2.55. The van der Waals surface area contributed by atoms with Crippen molar-refractivity contribution in [2.45, 2.75) is 46.1 Å². The maximum atomic E-state index is 11.1. The maximum Gasteiger partial charge on any atom is 0.305 e. The van der Waals surface area contributed by atoms with Crippen LogP contribution in [0.3, 0.4) is 0 Å². The molecule has 0 spiro atoms. The number of aliphatic imine (C=N–C) groups is 1. The molecule has 2 N–H and O–H groups in total. The van der Waals surface area contributed by atoms with Gasteiger partial charge in [-0.05, 0) is 38.3 Å². The van der Waals surface area contributed by atoms with Gasteiger partial charge in [-0.2, -0.15) is 0 Å². The van der Waals surface area contributed by atoms with E-state index in [9.17, 15) is 4.79 Å². The van der Waals surface area contributed by atoms with Crippen molar-refractivity contribution in [1.29, 1.82) is 0 Å². The summed E-state index contributed by atoms with van der Waals surface area (Å²) in [5.41, 5.74) is 2.19. The number of hydrogen-bond donors (Lipinski definition) is 2. The van der Waals surface area contributed by atoms with Crippen LogP contribution in [0.1, 0.15) is 43.7 Å². The molecule has 8 heteroatoms. The Balaban J connectivity index is 0.00000784. The van der Waals surface area contributed by atoms with Crippen molar-refractivity contribution >= 4 is 35.9 Å². The van der Waals surface area contributed by atoms with Gasteiger partial charge in [-0.15, -0.1) is 24.0 Å². The summed E-state index contributed by atoms with van der Waals surface area (Å²) in [6, 6.07) is 6.15. The monoisotopic (exact) mass is 521 g/mol. The van der Waals surface area contributed by atoms with Crippen LogP contribution in [-0.2, 0) is 20.8 Å². The molecule has 29 heavy (non-hydrogen) atoms. The van der Waals surface area contributed by atoms with E-state index in [1.165, 1.54) is 7.11 Å². The van der Waals surface area contributed by atoms with Crippen molar-refractivity contribution in [3.63, 3.8) is 0 Å². The smallest absolute Gasteiger partial charge is 0.305 e. The Hall–Kier alpha value is -1.55. The van der Waals surface area contributed by atoms with Crippen LogP contribution in [0, 0.1) is 6.92 Å². The molecule has 1 aromatic rings. The normalized spacial score (nSPS) is 10.8. The Morgan fingerprint density at radius 2 is 1.90 bits per heavy atom. The van der Waals surface area contributed by atoms with Gasteiger partial charge in [0.05, 0.1) is 20.3 Å². The molecular weight excluding hydrogens is 485 g/mol. The first kappa shape index (κ1) is 27.5. The molecule has 0 saturated carbocycles. The first-order valence-electron chi connectivity index (χ1n) is 9.91. The van der Waals surface area contributed by atoms with Crippen LogP contribution >= 0.6 is 24.0 Å². The van der Waals surface area contributed by atoms with Crippen LogP contribution in [-0.4, -0.2) is 52.5 Å².